The first kappa shape index (κ1) is 17.5. The summed E-state index contributed by atoms with van der Waals surface area (Å²) >= 11 is 0. The molecule has 0 saturated carbocycles. The number of carbonyl (C=O) groups is 1. The third kappa shape index (κ3) is 4.39. The molecule has 0 atom stereocenters. The van der Waals surface area contributed by atoms with E-state index in [1.807, 2.05) is 12.1 Å². The molecule has 0 N–H and O–H groups in total. The number of hydrogen-bond acceptors (Lipinski definition) is 6. The zero-order chi connectivity index (χ0) is 17.9. The molecule has 0 unspecified atom stereocenters. The van der Waals surface area contributed by atoms with Crippen LogP contribution in [-0.4, -0.2) is 59.3 Å². The minimum atomic E-state index is -3.14. The van der Waals surface area contributed by atoms with Gasteiger partial charge in [0.25, 0.3) is 0 Å². The van der Waals surface area contributed by atoms with Gasteiger partial charge in [0, 0.05) is 61.4 Å². The molecule has 0 saturated heterocycles. The number of nitrogens with zero attached hydrogens (tertiary/aromatic N) is 4. The van der Waals surface area contributed by atoms with Gasteiger partial charge < -0.3 is 4.90 Å². The predicted molar refractivity (Wildman–Crippen MR) is 93.6 cm³/mol. The van der Waals surface area contributed by atoms with E-state index in [0.29, 0.717) is 25.9 Å². The van der Waals surface area contributed by atoms with E-state index in [2.05, 4.69) is 15.0 Å². The van der Waals surface area contributed by atoms with Crippen LogP contribution in [-0.2, 0) is 27.5 Å². The number of rotatable bonds is 4. The van der Waals surface area contributed by atoms with E-state index < -0.39 is 9.84 Å². The highest BCUT2D eigenvalue weighted by molar-refractivity contribution is 7.90. The van der Waals surface area contributed by atoms with Crippen molar-refractivity contribution in [3.8, 4) is 11.3 Å². The van der Waals surface area contributed by atoms with Gasteiger partial charge in [0.05, 0.1) is 11.4 Å². The minimum Gasteiger partial charge on any atom is -0.342 e. The third-order valence-electron chi connectivity index (χ3n) is 4.28. The van der Waals surface area contributed by atoms with Crippen molar-refractivity contribution in [3.63, 3.8) is 0 Å². The second kappa shape index (κ2) is 7.26. The Morgan fingerprint density at radius 3 is 2.60 bits per heavy atom. The maximum Gasteiger partial charge on any atom is 0.223 e. The first-order valence-electron chi connectivity index (χ1n) is 8.13. The Morgan fingerprint density at radius 1 is 1.16 bits per heavy atom. The van der Waals surface area contributed by atoms with Crippen LogP contribution in [0.4, 0.5) is 0 Å². The summed E-state index contributed by atoms with van der Waals surface area (Å²) in [6.45, 7) is 1.09. The van der Waals surface area contributed by atoms with Gasteiger partial charge in [-0.3, -0.25) is 9.78 Å². The normalized spacial score (nSPS) is 14.7. The van der Waals surface area contributed by atoms with Gasteiger partial charge in [-0.25, -0.2) is 18.4 Å². The molecule has 2 aromatic rings. The maximum absolute atomic E-state index is 12.3. The summed E-state index contributed by atoms with van der Waals surface area (Å²) in [6, 6.07) is 3.81. The summed E-state index contributed by atoms with van der Waals surface area (Å²) in [5.41, 5.74) is 3.84. The van der Waals surface area contributed by atoms with Crippen LogP contribution in [0.1, 0.15) is 17.7 Å². The molecule has 2 aromatic heterocycles. The van der Waals surface area contributed by atoms with E-state index in [9.17, 15) is 13.2 Å². The molecule has 7 nitrogen and oxygen atoms in total. The third-order valence-corrected chi connectivity index (χ3v) is 5.22. The number of hydrogen-bond donors (Lipinski definition) is 0. The van der Waals surface area contributed by atoms with Gasteiger partial charge in [0.1, 0.15) is 16.2 Å². The van der Waals surface area contributed by atoms with Crippen molar-refractivity contribution in [3.05, 3.63) is 42.1 Å². The molecule has 1 aliphatic heterocycles. The van der Waals surface area contributed by atoms with Crippen molar-refractivity contribution in [1.82, 2.24) is 19.9 Å². The van der Waals surface area contributed by atoms with Crippen LogP contribution in [0.15, 0.2) is 30.9 Å². The van der Waals surface area contributed by atoms with Crippen LogP contribution in [0.5, 0.6) is 0 Å². The second-order valence-corrected chi connectivity index (χ2v) is 8.40. The van der Waals surface area contributed by atoms with E-state index in [-0.39, 0.29) is 18.1 Å². The summed E-state index contributed by atoms with van der Waals surface area (Å²) < 4.78 is 22.5. The van der Waals surface area contributed by atoms with E-state index in [0.717, 1.165) is 28.8 Å². The van der Waals surface area contributed by atoms with Crippen LogP contribution < -0.4 is 0 Å². The lowest BCUT2D eigenvalue weighted by molar-refractivity contribution is -0.130. The average molecular weight is 360 g/mol. The quantitative estimate of drug-likeness (QED) is 0.804. The van der Waals surface area contributed by atoms with Crippen molar-refractivity contribution < 1.29 is 13.2 Å². The van der Waals surface area contributed by atoms with Crippen LogP contribution in [0, 0.1) is 0 Å². The first-order valence-corrected chi connectivity index (χ1v) is 10.2. The highest BCUT2D eigenvalue weighted by atomic mass is 32.2. The molecule has 3 heterocycles. The van der Waals surface area contributed by atoms with Crippen LogP contribution in [0.2, 0.25) is 0 Å². The largest absolute Gasteiger partial charge is 0.342 e. The van der Waals surface area contributed by atoms with Crippen molar-refractivity contribution >= 4 is 15.7 Å². The molecule has 0 radical (unpaired) electrons. The fourth-order valence-electron chi connectivity index (χ4n) is 2.97. The zero-order valence-corrected chi connectivity index (χ0v) is 14.9. The molecule has 1 amide bonds. The molecule has 0 fully saturated rings. The maximum atomic E-state index is 12.3. The van der Waals surface area contributed by atoms with Gasteiger partial charge >= 0.3 is 0 Å². The fraction of sp³-hybridized carbons (Fsp3) is 0.412. The monoisotopic (exact) mass is 360 g/mol. The molecule has 3 rings (SSSR count). The first-order chi connectivity index (χ1) is 11.9. The Hall–Kier alpha value is -2.35. The van der Waals surface area contributed by atoms with Crippen LogP contribution in [0.3, 0.4) is 0 Å². The molecule has 0 aliphatic carbocycles. The van der Waals surface area contributed by atoms with Gasteiger partial charge in [-0.1, -0.05) is 0 Å². The molecular weight excluding hydrogens is 340 g/mol. The SMILES string of the molecule is CS(=O)(=O)CCC(=O)N1CCc2ncnc(-c3ccncc3)c2CC1. The smallest absolute Gasteiger partial charge is 0.223 e. The van der Waals surface area contributed by atoms with E-state index in [1.54, 1.807) is 23.6 Å². The Balaban J connectivity index is 1.78. The average Bonchev–Trinajstić information content (AvgIpc) is 2.82. The lowest BCUT2D eigenvalue weighted by atomic mass is 10.0. The number of pyridine rings is 1. The summed E-state index contributed by atoms with van der Waals surface area (Å²) in [5, 5.41) is 0. The lowest BCUT2D eigenvalue weighted by Crippen LogP contribution is -2.34. The second-order valence-electron chi connectivity index (χ2n) is 6.14. The standard InChI is InChI=1S/C17H20N4O3S/c1-25(23,24)11-6-16(22)21-9-4-14-15(5-10-21)19-12-20-17(14)13-2-7-18-8-3-13/h2-3,7-8,12H,4-6,9-11H2,1H3. The van der Waals surface area contributed by atoms with Gasteiger partial charge in [-0.2, -0.15) is 0 Å². The van der Waals surface area contributed by atoms with E-state index >= 15 is 0 Å². The summed E-state index contributed by atoms with van der Waals surface area (Å²) in [7, 11) is -3.14. The molecule has 25 heavy (non-hydrogen) atoms. The number of aromatic nitrogens is 3. The number of carbonyl (C=O) groups excluding carboxylic acids is 1. The van der Waals surface area contributed by atoms with Crippen molar-refractivity contribution in [2.45, 2.75) is 19.3 Å². The zero-order valence-electron chi connectivity index (χ0n) is 14.1. The Labute approximate surface area is 147 Å². The number of sulfone groups is 1. The fourth-order valence-corrected chi connectivity index (χ4v) is 3.51. The predicted octanol–water partition coefficient (Wildman–Crippen LogP) is 0.900. The van der Waals surface area contributed by atoms with Gasteiger partial charge in [-0.15, -0.1) is 0 Å². The molecule has 0 bridgehead atoms. The van der Waals surface area contributed by atoms with Crippen molar-refractivity contribution in [2.24, 2.45) is 0 Å². The topological polar surface area (TPSA) is 93.1 Å². The molecule has 1 aliphatic rings. The Bertz CT molecular complexity index is 869. The highest BCUT2D eigenvalue weighted by Crippen LogP contribution is 2.25. The van der Waals surface area contributed by atoms with Gasteiger partial charge in [0.15, 0.2) is 0 Å². The molecule has 0 spiro atoms. The van der Waals surface area contributed by atoms with Gasteiger partial charge in [0.2, 0.25) is 5.91 Å². The number of fused-ring (bicyclic) bond motifs is 1. The van der Waals surface area contributed by atoms with E-state index in [4.69, 9.17) is 0 Å². The summed E-state index contributed by atoms with van der Waals surface area (Å²) in [4.78, 5) is 26.9. The molecule has 8 heteroatoms. The summed E-state index contributed by atoms with van der Waals surface area (Å²) in [6.07, 6.45) is 7.46. The van der Waals surface area contributed by atoms with Crippen molar-refractivity contribution in [1.29, 1.82) is 0 Å². The summed E-state index contributed by atoms with van der Waals surface area (Å²) in [5.74, 6) is -0.242. The molecule has 132 valence electrons. The minimum absolute atomic E-state index is 0.0259. The van der Waals surface area contributed by atoms with Crippen molar-refractivity contribution in [2.75, 3.05) is 25.1 Å². The Kier molecular flexibility index (Phi) is 5.08. The molecular formula is C17H20N4O3S. The van der Waals surface area contributed by atoms with E-state index in [1.165, 1.54) is 0 Å². The Morgan fingerprint density at radius 2 is 1.88 bits per heavy atom. The van der Waals surface area contributed by atoms with Crippen LogP contribution >= 0.6 is 0 Å². The van der Waals surface area contributed by atoms with Crippen LogP contribution in [0.25, 0.3) is 11.3 Å². The van der Waals surface area contributed by atoms with Gasteiger partial charge in [-0.05, 0) is 18.6 Å². The molecule has 0 aromatic carbocycles. The lowest BCUT2D eigenvalue weighted by Gasteiger charge is -2.19. The number of amides is 1. The highest BCUT2D eigenvalue weighted by Gasteiger charge is 2.22.